The molecule has 3 heterocycles. The standard InChI is InChI=1S/C13H19N3O5/c1-13(2)19-7-9(20-13)8-6-11(21-15(8)3)16-5-4-10(17)14-12(16)18/h4-5,8-9,11H,6-7H2,1-3H3,(H,14,17,18)/t8-,9-,11+/m1/s1. The Morgan fingerprint density at radius 2 is 2.14 bits per heavy atom. The van der Waals surface area contributed by atoms with E-state index in [1.165, 1.54) is 16.8 Å². The monoisotopic (exact) mass is 297 g/mol. The van der Waals surface area contributed by atoms with Crippen LogP contribution in [0.25, 0.3) is 0 Å². The van der Waals surface area contributed by atoms with Crippen LogP contribution in [0.3, 0.4) is 0 Å². The number of H-pyrrole nitrogens is 1. The molecule has 0 aromatic carbocycles. The van der Waals surface area contributed by atoms with Crippen LogP contribution >= 0.6 is 0 Å². The molecule has 8 nitrogen and oxygen atoms in total. The number of aromatic amines is 1. The highest BCUT2D eigenvalue weighted by molar-refractivity contribution is 4.90. The van der Waals surface area contributed by atoms with Crippen LogP contribution in [-0.4, -0.2) is 46.2 Å². The molecule has 3 atom stereocenters. The van der Waals surface area contributed by atoms with E-state index in [1.807, 2.05) is 13.8 Å². The molecule has 3 rings (SSSR count). The molecule has 2 saturated heterocycles. The lowest BCUT2D eigenvalue weighted by molar-refractivity contribution is -0.190. The number of likely N-dealkylation sites (N-methyl/N-ethyl adjacent to an activating group) is 1. The summed E-state index contributed by atoms with van der Waals surface area (Å²) in [5.74, 6) is -0.599. The van der Waals surface area contributed by atoms with Crippen LogP contribution in [0, 0.1) is 0 Å². The summed E-state index contributed by atoms with van der Waals surface area (Å²) >= 11 is 0. The van der Waals surface area contributed by atoms with Crippen molar-refractivity contribution < 1.29 is 14.3 Å². The Bertz CT molecular complexity index is 637. The number of hydroxylamine groups is 2. The van der Waals surface area contributed by atoms with Gasteiger partial charge in [-0.25, -0.2) is 4.79 Å². The first kappa shape index (κ1) is 14.5. The quantitative estimate of drug-likeness (QED) is 0.815. The van der Waals surface area contributed by atoms with Gasteiger partial charge >= 0.3 is 5.69 Å². The second-order valence-corrected chi connectivity index (χ2v) is 5.79. The molecule has 2 aliphatic heterocycles. The zero-order chi connectivity index (χ0) is 15.2. The van der Waals surface area contributed by atoms with Crippen molar-refractivity contribution in [2.75, 3.05) is 13.7 Å². The molecule has 0 aliphatic carbocycles. The Morgan fingerprint density at radius 3 is 2.76 bits per heavy atom. The first-order valence-corrected chi connectivity index (χ1v) is 6.88. The minimum atomic E-state index is -0.599. The van der Waals surface area contributed by atoms with Crippen molar-refractivity contribution in [1.29, 1.82) is 0 Å². The zero-order valence-electron chi connectivity index (χ0n) is 12.2. The van der Waals surface area contributed by atoms with Gasteiger partial charge in [0.15, 0.2) is 12.0 Å². The van der Waals surface area contributed by atoms with E-state index in [-0.39, 0.29) is 12.1 Å². The van der Waals surface area contributed by atoms with Crippen molar-refractivity contribution in [2.45, 2.75) is 44.4 Å². The fourth-order valence-corrected chi connectivity index (χ4v) is 2.78. The lowest BCUT2D eigenvalue weighted by Gasteiger charge is -2.23. The van der Waals surface area contributed by atoms with Crippen molar-refractivity contribution in [1.82, 2.24) is 14.6 Å². The predicted octanol–water partition coefficient (Wildman–Crippen LogP) is -0.178. The number of aromatic nitrogens is 2. The number of rotatable bonds is 2. The molecule has 21 heavy (non-hydrogen) atoms. The molecule has 0 unspecified atom stereocenters. The Morgan fingerprint density at radius 1 is 1.38 bits per heavy atom. The summed E-state index contributed by atoms with van der Waals surface area (Å²) in [6.07, 6.45) is 1.44. The molecule has 1 aromatic rings. The van der Waals surface area contributed by atoms with Gasteiger partial charge in [0.2, 0.25) is 0 Å². The molecule has 0 spiro atoms. The molecule has 0 saturated carbocycles. The van der Waals surface area contributed by atoms with Crippen LogP contribution in [0.1, 0.15) is 26.5 Å². The fourth-order valence-electron chi connectivity index (χ4n) is 2.78. The molecule has 116 valence electrons. The molecule has 1 aromatic heterocycles. The topological polar surface area (TPSA) is 85.8 Å². The van der Waals surface area contributed by atoms with Crippen LogP contribution in [0.5, 0.6) is 0 Å². The second-order valence-electron chi connectivity index (χ2n) is 5.79. The Kier molecular flexibility index (Phi) is 3.48. The number of ether oxygens (including phenoxy) is 2. The van der Waals surface area contributed by atoms with Gasteiger partial charge in [0.05, 0.1) is 12.6 Å². The molecule has 0 bridgehead atoms. The summed E-state index contributed by atoms with van der Waals surface area (Å²) in [5, 5.41) is 1.69. The maximum atomic E-state index is 11.8. The summed E-state index contributed by atoms with van der Waals surface area (Å²) in [6, 6.07) is 1.28. The van der Waals surface area contributed by atoms with Crippen molar-refractivity contribution in [3.8, 4) is 0 Å². The zero-order valence-corrected chi connectivity index (χ0v) is 12.2. The van der Waals surface area contributed by atoms with E-state index >= 15 is 0 Å². The molecule has 2 aliphatic rings. The van der Waals surface area contributed by atoms with Gasteiger partial charge in [-0.05, 0) is 13.8 Å². The van der Waals surface area contributed by atoms with E-state index in [4.69, 9.17) is 14.3 Å². The van der Waals surface area contributed by atoms with Gasteiger partial charge in [-0.3, -0.25) is 19.2 Å². The molecular formula is C13H19N3O5. The summed E-state index contributed by atoms with van der Waals surface area (Å²) in [7, 11) is 1.80. The number of hydrogen-bond acceptors (Lipinski definition) is 6. The Hall–Kier alpha value is -1.48. The van der Waals surface area contributed by atoms with Gasteiger partial charge < -0.3 is 9.47 Å². The highest BCUT2D eigenvalue weighted by Crippen LogP contribution is 2.34. The van der Waals surface area contributed by atoms with Gasteiger partial charge in [0.25, 0.3) is 5.56 Å². The minimum absolute atomic E-state index is 0.0180. The molecule has 8 heteroatoms. The van der Waals surface area contributed by atoms with Gasteiger partial charge in [-0.15, -0.1) is 0 Å². The van der Waals surface area contributed by atoms with E-state index in [0.717, 1.165) is 0 Å². The van der Waals surface area contributed by atoms with Crippen LogP contribution in [0.15, 0.2) is 21.9 Å². The first-order chi connectivity index (χ1) is 9.85. The van der Waals surface area contributed by atoms with Crippen LogP contribution in [0.2, 0.25) is 0 Å². The molecule has 1 N–H and O–H groups in total. The van der Waals surface area contributed by atoms with E-state index in [9.17, 15) is 9.59 Å². The SMILES string of the molecule is CN1O[C@H](n2ccc(=O)[nH]c2=O)C[C@@H]1[C@H]1COC(C)(C)O1. The van der Waals surface area contributed by atoms with Gasteiger partial charge in [-0.2, -0.15) is 5.06 Å². The maximum absolute atomic E-state index is 11.8. The average Bonchev–Trinajstić information content (AvgIpc) is 2.92. The average molecular weight is 297 g/mol. The Balaban J connectivity index is 1.77. The van der Waals surface area contributed by atoms with E-state index in [0.29, 0.717) is 13.0 Å². The van der Waals surface area contributed by atoms with Crippen molar-refractivity contribution in [3.05, 3.63) is 33.1 Å². The third-order valence-corrected chi connectivity index (χ3v) is 3.82. The molecule has 2 fully saturated rings. The smallest absolute Gasteiger partial charge is 0.330 e. The minimum Gasteiger partial charge on any atom is -0.348 e. The second kappa shape index (κ2) is 5.06. The predicted molar refractivity (Wildman–Crippen MR) is 72.5 cm³/mol. The third-order valence-electron chi connectivity index (χ3n) is 3.82. The van der Waals surface area contributed by atoms with Crippen LogP contribution in [0.4, 0.5) is 0 Å². The molecule has 0 amide bonds. The fraction of sp³-hybridized carbons (Fsp3) is 0.692. The largest absolute Gasteiger partial charge is 0.348 e. The first-order valence-electron chi connectivity index (χ1n) is 6.88. The highest BCUT2D eigenvalue weighted by atomic mass is 16.8. The van der Waals surface area contributed by atoms with Crippen molar-refractivity contribution >= 4 is 0 Å². The van der Waals surface area contributed by atoms with E-state index < -0.39 is 23.3 Å². The van der Waals surface area contributed by atoms with Crippen LogP contribution in [-0.2, 0) is 14.3 Å². The van der Waals surface area contributed by atoms with E-state index in [1.54, 1.807) is 12.1 Å². The van der Waals surface area contributed by atoms with Gasteiger partial charge in [0, 0.05) is 25.7 Å². The lowest BCUT2D eigenvalue weighted by Crippen LogP contribution is -2.38. The third kappa shape index (κ3) is 2.80. The Labute approximate surface area is 121 Å². The molecular weight excluding hydrogens is 278 g/mol. The van der Waals surface area contributed by atoms with Gasteiger partial charge in [0.1, 0.15) is 6.10 Å². The van der Waals surface area contributed by atoms with Gasteiger partial charge in [-0.1, -0.05) is 0 Å². The lowest BCUT2D eigenvalue weighted by atomic mass is 10.1. The number of nitrogens with zero attached hydrogens (tertiary/aromatic N) is 2. The normalized spacial score (nSPS) is 32.6. The van der Waals surface area contributed by atoms with Crippen molar-refractivity contribution in [3.63, 3.8) is 0 Å². The summed E-state index contributed by atoms with van der Waals surface area (Å²) in [6.45, 7) is 4.22. The van der Waals surface area contributed by atoms with Crippen LogP contribution < -0.4 is 11.2 Å². The van der Waals surface area contributed by atoms with Crippen molar-refractivity contribution in [2.24, 2.45) is 0 Å². The maximum Gasteiger partial charge on any atom is 0.330 e. The number of hydrogen-bond donors (Lipinski definition) is 1. The van der Waals surface area contributed by atoms with E-state index in [2.05, 4.69) is 4.98 Å². The number of nitrogens with one attached hydrogen (secondary N) is 1. The molecule has 0 radical (unpaired) electrons. The summed E-state index contributed by atoms with van der Waals surface area (Å²) in [4.78, 5) is 30.9. The summed E-state index contributed by atoms with van der Waals surface area (Å²) < 4.78 is 12.8. The highest BCUT2D eigenvalue weighted by Gasteiger charge is 2.44. The summed E-state index contributed by atoms with van der Waals surface area (Å²) in [5.41, 5.74) is -0.904.